The van der Waals surface area contributed by atoms with E-state index in [4.69, 9.17) is 16.3 Å². The van der Waals surface area contributed by atoms with Gasteiger partial charge in [-0.25, -0.2) is 9.78 Å². The van der Waals surface area contributed by atoms with Crippen LogP contribution in [0.2, 0.25) is 5.15 Å². The van der Waals surface area contributed by atoms with E-state index in [0.29, 0.717) is 29.6 Å². The number of carbonyl (C=O) groups is 1. The maximum atomic E-state index is 12.0. The Balaban J connectivity index is 2.27. The maximum Gasteiger partial charge on any atom is 0.341 e. The van der Waals surface area contributed by atoms with Crippen molar-refractivity contribution in [3.8, 4) is 0 Å². The molecule has 0 fully saturated rings. The molecule has 1 heterocycles. The Morgan fingerprint density at radius 3 is 2.71 bits per heavy atom. The molecule has 0 saturated heterocycles. The molecule has 2 aromatic rings. The first kappa shape index (κ1) is 15.3. The smallest absolute Gasteiger partial charge is 0.341 e. The topological polar surface area (TPSA) is 51.2 Å². The summed E-state index contributed by atoms with van der Waals surface area (Å²) in [6.07, 6.45) is 1.45. The molecule has 0 spiro atoms. The molecular formula is C16H17ClN2O2. The lowest BCUT2D eigenvalue weighted by molar-refractivity contribution is 0.0527. The summed E-state index contributed by atoms with van der Waals surface area (Å²) in [6.45, 7) is 4.50. The second-order valence-electron chi connectivity index (χ2n) is 4.52. The third-order valence-electron chi connectivity index (χ3n) is 3.07. The van der Waals surface area contributed by atoms with E-state index in [1.807, 2.05) is 37.3 Å². The van der Waals surface area contributed by atoms with Crippen LogP contribution in [0.3, 0.4) is 0 Å². The number of ether oxygens (including phenoxy) is 1. The van der Waals surface area contributed by atoms with Gasteiger partial charge in [0.1, 0.15) is 10.7 Å². The van der Waals surface area contributed by atoms with Crippen LogP contribution < -0.4 is 5.32 Å². The third kappa shape index (κ3) is 3.73. The van der Waals surface area contributed by atoms with E-state index in [2.05, 4.69) is 10.3 Å². The molecule has 0 radical (unpaired) electrons. The molecule has 0 aliphatic heterocycles. The first-order valence-electron chi connectivity index (χ1n) is 6.73. The number of esters is 1. The van der Waals surface area contributed by atoms with Gasteiger partial charge in [-0.05, 0) is 19.4 Å². The number of hydrogen-bond donors (Lipinski definition) is 1. The summed E-state index contributed by atoms with van der Waals surface area (Å²) in [7, 11) is 0. The van der Waals surface area contributed by atoms with Crippen LogP contribution in [0.1, 0.15) is 28.4 Å². The number of pyridine rings is 1. The number of nitrogens with one attached hydrogen (secondary N) is 1. The van der Waals surface area contributed by atoms with E-state index in [9.17, 15) is 4.79 Å². The summed E-state index contributed by atoms with van der Waals surface area (Å²) in [5.74, 6) is -0.402. The minimum absolute atomic E-state index is 0.318. The lowest BCUT2D eigenvalue weighted by Crippen LogP contribution is -2.12. The molecule has 1 aromatic heterocycles. The summed E-state index contributed by atoms with van der Waals surface area (Å²) in [5, 5.41) is 3.63. The van der Waals surface area contributed by atoms with Gasteiger partial charge in [0, 0.05) is 18.3 Å². The molecule has 2 rings (SSSR count). The van der Waals surface area contributed by atoms with Crippen molar-refractivity contribution >= 4 is 23.3 Å². The first-order chi connectivity index (χ1) is 10.1. The van der Waals surface area contributed by atoms with Crippen molar-refractivity contribution in [3.05, 3.63) is 58.4 Å². The zero-order chi connectivity index (χ0) is 15.2. The normalized spacial score (nSPS) is 10.2. The lowest BCUT2D eigenvalue weighted by Gasteiger charge is -2.14. The molecule has 0 saturated carbocycles. The number of halogens is 1. The molecule has 21 heavy (non-hydrogen) atoms. The average molecular weight is 305 g/mol. The summed E-state index contributed by atoms with van der Waals surface area (Å²) in [5.41, 5.74) is 2.91. The van der Waals surface area contributed by atoms with E-state index in [1.165, 1.54) is 6.20 Å². The molecule has 0 aliphatic rings. The van der Waals surface area contributed by atoms with E-state index in [-0.39, 0.29) is 0 Å². The summed E-state index contributed by atoms with van der Waals surface area (Å²) in [4.78, 5) is 16.0. The number of nitrogens with zero attached hydrogens (tertiary/aromatic N) is 1. The van der Waals surface area contributed by atoms with Gasteiger partial charge in [-0.3, -0.25) is 0 Å². The van der Waals surface area contributed by atoms with Crippen molar-refractivity contribution in [2.75, 3.05) is 11.9 Å². The van der Waals surface area contributed by atoms with Crippen molar-refractivity contribution in [2.45, 2.75) is 20.4 Å². The van der Waals surface area contributed by atoms with Crippen LogP contribution in [0.5, 0.6) is 0 Å². The van der Waals surface area contributed by atoms with E-state index in [1.54, 1.807) is 6.92 Å². The van der Waals surface area contributed by atoms with Crippen LogP contribution in [0.15, 0.2) is 36.5 Å². The molecule has 0 aliphatic carbocycles. The predicted octanol–water partition coefficient (Wildman–Crippen LogP) is 3.83. The fourth-order valence-corrected chi connectivity index (χ4v) is 2.11. The quantitative estimate of drug-likeness (QED) is 0.673. The SMILES string of the molecule is CCOC(=O)c1cnc(Cl)c(C)c1NCc1ccccc1. The molecule has 4 nitrogen and oxygen atoms in total. The highest BCUT2D eigenvalue weighted by atomic mass is 35.5. The molecule has 0 bridgehead atoms. The lowest BCUT2D eigenvalue weighted by atomic mass is 10.1. The van der Waals surface area contributed by atoms with Crippen molar-refractivity contribution in [2.24, 2.45) is 0 Å². The van der Waals surface area contributed by atoms with Gasteiger partial charge >= 0.3 is 5.97 Å². The highest BCUT2D eigenvalue weighted by Crippen LogP contribution is 2.26. The van der Waals surface area contributed by atoms with Gasteiger partial charge in [-0.2, -0.15) is 0 Å². The van der Waals surface area contributed by atoms with Crippen LogP contribution in [0.25, 0.3) is 0 Å². The second-order valence-corrected chi connectivity index (χ2v) is 4.88. The first-order valence-corrected chi connectivity index (χ1v) is 7.11. The molecule has 5 heteroatoms. The van der Waals surface area contributed by atoms with Crippen LogP contribution in [-0.2, 0) is 11.3 Å². The molecule has 0 atom stereocenters. The Morgan fingerprint density at radius 1 is 1.33 bits per heavy atom. The molecular weight excluding hydrogens is 288 g/mol. The molecule has 0 amide bonds. The number of rotatable bonds is 5. The van der Waals surface area contributed by atoms with Crippen LogP contribution in [0.4, 0.5) is 5.69 Å². The molecule has 0 unspecified atom stereocenters. The van der Waals surface area contributed by atoms with E-state index in [0.717, 1.165) is 11.1 Å². The Hall–Kier alpha value is -2.07. The average Bonchev–Trinajstić information content (AvgIpc) is 2.50. The van der Waals surface area contributed by atoms with Crippen LogP contribution in [0, 0.1) is 6.92 Å². The Morgan fingerprint density at radius 2 is 2.05 bits per heavy atom. The van der Waals surface area contributed by atoms with Gasteiger partial charge in [0.2, 0.25) is 0 Å². The number of anilines is 1. The van der Waals surface area contributed by atoms with Gasteiger partial charge in [0.25, 0.3) is 0 Å². The highest BCUT2D eigenvalue weighted by Gasteiger charge is 2.17. The fraction of sp³-hybridized carbons (Fsp3) is 0.250. The maximum absolute atomic E-state index is 12.0. The zero-order valence-electron chi connectivity index (χ0n) is 12.0. The van der Waals surface area contributed by atoms with Gasteiger partial charge in [-0.1, -0.05) is 41.9 Å². The van der Waals surface area contributed by atoms with Gasteiger partial charge in [0.05, 0.1) is 12.3 Å². The number of carbonyl (C=O) groups excluding carboxylic acids is 1. The molecule has 110 valence electrons. The van der Waals surface area contributed by atoms with Crippen molar-refractivity contribution < 1.29 is 9.53 Å². The third-order valence-corrected chi connectivity index (χ3v) is 3.45. The van der Waals surface area contributed by atoms with Crippen molar-refractivity contribution in [3.63, 3.8) is 0 Å². The van der Waals surface area contributed by atoms with Gasteiger partial charge in [0.15, 0.2) is 0 Å². The van der Waals surface area contributed by atoms with Crippen LogP contribution >= 0.6 is 11.6 Å². The summed E-state index contributed by atoms with van der Waals surface area (Å²) >= 11 is 6.05. The van der Waals surface area contributed by atoms with E-state index < -0.39 is 5.97 Å². The molecule has 1 aromatic carbocycles. The van der Waals surface area contributed by atoms with Crippen molar-refractivity contribution in [1.82, 2.24) is 4.98 Å². The minimum Gasteiger partial charge on any atom is -0.462 e. The predicted molar refractivity (Wildman–Crippen MR) is 83.7 cm³/mol. The summed E-state index contributed by atoms with van der Waals surface area (Å²) < 4.78 is 5.05. The highest BCUT2D eigenvalue weighted by molar-refractivity contribution is 6.30. The second kappa shape index (κ2) is 7.09. The number of benzene rings is 1. The summed E-state index contributed by atoms with van der Waals surface area (Å²) in [6, 6.07) is 9.91. The van der Waals surface area contributed by atoms with Gasteiger partial charge in [-0.15, -0.1) is 0 Å². The number of hydrogen-bond acceptors (Lipinski definition) is 4. The Kier molecular flexibility index (Phi) is 5.17. The van der Waals surface area contributed by atoms with Gasteiger partial charge < -0.3 is 10.1 Å². The van der Waals surface area contributed by atoms with Crippen molar-refractivity contribution in [1.29, 1.82) is 0 Å². The fourth-order valence-electron chi connectivity index (χ4n) is 1.97. The largest absolute Gasteiger partial charge is 0.462 e. The Labute approximate surface area is 129 Å². The number of aromatic nitrogens is 1. The minimum atomic E-state index is -0.402. The monoisotopic (exact) mass is 304 g/mol. The zero-order valence-corrected chi connectivity index (χ0v) is 12.8. The van der Waals surface area contributed by atoms with E-state index >= 15 is 0 Å². The molecule has 1 N–H and O–H groups in total. The standard InChI is InChI=1S/C16H17ClN2O2/c1-3-21-16(20)13-10-19-15(17)11(2)14(13)18-9-12-7-5-4-6-8-12/h4-8,10H,3,9H2,1-2H3,(H,18,19). The Bertz CT molecular complexity index is 630. The van der Waals surface area contributed by atoms with Crippen LogP contribution in [-0.4, -0.2) is 17.6 Å².